The molecule has 0 aliphatic carbocycles. The van der Waals surface area contributed by atoms with Crippen molar-refractivity contribution in [3.63, 3.8) is 0 Å². The average molecular weight is 175 g/mol. The standard InChI is InChI=1S/C8H14FNO2/c1-6(2)10-7(11)8(9)3-4-12-5-8/h6H,3-5H2,1-2H3,(H,10,11). The minimum atomic E-state index is -1.79. The predicted molar refractivity (Wildman–Crippen MR) is 42.6 cm³/mol. The van der Waals surface area contributed by atoms with Gasteiger partial charge in [-0.3, -0.25) is 4.79 Å². The van der Waals surface area contributed by atoms with Gasteiger partial charge in [-0.2, -0.15) is 0 Å². The quantitative estimate of drug-likeness (QED) is 0.668. The van der Waals surface area contributed by atoms with Crippen LogP contribution in [0.4, 0.5) is 4.39 Å². The first-order valence-electron chi connectivity index (χ1n) is 4.12. The van der Waals surface area contributed by atoms with E-state index in [9.17, 15) is 9.18 Å². The lowest BCUT2D eigenvalue weighted by atomic mass is 10.0. The fourth-order valence-electron chi connectivity index (χ4n) is 1.11. The van der Waals surface area contributed by atoms with E-state index in [0.717, 1.165) is 0 Å². The summed E-state index contributed by atoms with van der Waals surface area (Å²) in [6.45, 7) is 3.84. The van der Waals surface area contributed by atoms with E-state index in [1.165, 1.54) is 0 Å². The van der Waals surface area contributed by atoms with E-state index in [2.05, 4.69) is 5.32 Å². The van der Waals surface area contributed by atoms with Crippen LogP contribution in [0.5, 0.6) is 0 Å². The normalized spacial score (nSPS) is 29.3. The van der Waals surface area contributed by atoms with Gasteiger partial charge in [-0.15, -0.1) is 0 Å². The largest absolute Gasteiger partial charge is 0.377 e. The number of ether oxygens (including phenoxy) is 1. The van der Waals surface area contributed by atoms with Crippen LogP contribution in [-0.4, -0.2) is 30.8 Å². The molecule has 0 aromatic rings. The molecule has 0 bridgehead atoms. The second-order valence-corrected chi connectivity index (χ2v) is 3.40. The number of nitrogens with one attached hydrogen (secondary N) is 1. The third-order valence-corrected chi connectivity index (χ3v) is 1.80. The molecule has 1 aliphatic heterocycles. The molecule has 70 valence electrons. The summed E-state index contributed by atoms with van der Waals surface area (Å²) in [5.41, 5.74) is -1.79. The number of hydrogen-bond donors (Lipinski definition) is 1. The molecule has 1 heterocycles. The van der Waals surface area contributed by atoms with Gasteiger partial charge in [0, 0.05) is 12.5 Å². The van der Waals surface area contributed by atoms with Gasteiger partial charge in [0.15, 0.2) is 0 Å². The Hall–Kier alpha value is -0.640. The Morgan fingerprint density at radius 3 is 2.75 bits per heavy atom. The van der Waals surface area contributed by atoms with Gasteiger partial charge < -0.3 is 10.1 Å². The number of alkyl halides is 1. The van der Waals surface area contributed by atoms with Crippen LogP contribution in [0.2, 0.25) is 0 Å². The molecule has 1 rings (SSSR count). The molecule has 12 heavy (non-hydrogen) atoms. The zero-order valence-electron chi connectivity index (χ0n) is 7.39. The molecule has 0 radical (unpaired) electrons. The highest BCUT2D eigenvalue weighted by Crippen LogP contribution is 2.23. The van der Waals surface area contributed by atoms with Crippen LogP contribution < -0.4 is 5.32 Å². The van der Waals surface area contributed by atoms with E-state index in [1.807, 2.05) is 0 Å². The third-order valence-electron chi connectivity index (χ3n) is 1.80. The van der Waals surface area contributed by atoms with E-state index in [0.29, 0.717) is 6.61 Å². The Bertz CT molecular complexity index is 176. The Labute approximate surface area is 71.3 Å². The average Bonchev–Trinajstić information content (AvgIpc) is 2.36. The van der Waals surface area contributed by atoms with Crippen LogP contribution in [0.1, 0.15) is 20.3 Å². The Morgan fingerprint density at radius 1 is 1.67 bits per heavy atom. The fourth-order valence-corrected chi connectivity index (χ4v) is 1.11. The highest BCUT2D eigenvalue weighted by molar-refractivity contribution is 5.85. The zero-order chi connectivity index (χ0) is 9.19. The second kappa shape index (κ2) is 3.39. The molecule has 1 fully saturated rings. The third kappa shape index (κ3) is 1.94. The van der Waals surface area contributed by atoms with Crippen molar-refractivity contribution in [3.05, 3.63) is 0 Å². The molecule has 1 saturated heterocycles. The lowest BCUT2D eigenvalue weighted by Crippen LogP contribution is -2.46. The first kappa shape index (κ1) is 9.45. The zero-order valence-corrected chi connectivity index (χ0v) is 7.39. The van der Waals surface area contributed by atoms with E-state index >= 15 is 0 Å². The van der Waals surface area contributed by atoms with E-state index in [4.69, 9.17) is 4.74 Å². The number of hydrogen-bond acceptors (Lipinski definition) is 2. The summed E-state index contributed by atoms with van der Waals surface area (Å²) in [7, 11) is 0. The molecule has 3 nitrogen and oxygen atoms in total. The van der Waals surface area contributed by atoms with Crippen molar-refractivity contribution < 1.29 is 13.9 Å². The maximum atomic E-state index is 13.5. The van der Waals surface area contributed by atoms with Crippen molar-refractivity contribution in [2.45, 2.75) is 32.0 Å². The first-order chi connectivity index (χ1) is 5.54. The minimum Gasteiger partial charge on any atom is -0.377 e. The molecule has 1 atom stereocenters. The van der Waals surface area contributed by atoms with Crippen molar-refractivity contribution in [2.24, 2.45) is 0 Å². The van der Waals surface area contributed by atoms with Gasteiger partial charge in [0.1, 0.15) is 0 Å². The highest BCUT2D eigenvalue weighted by atomic mass is 19.1. The first-order valence-corrected chi connectivity index (χ1v) is 4.12. The van der Waals surface area contributed by atoms with Gasteiger partial charge in [0.2, 0.25) is 5.67 Å². The summed E-state index contributed by atoms with van der Waals surface area (Å²) in [6, 6.07) is -0.0225. The Kier molecular flexibility index (Phi) is 2.67. The predicted octanol–water partition coefficient (Wildman–Crippen LogP) is 0.640. The Balaban J connectivity index is 2.50. The number of amides is 1. The monoisotopic (exact) mass is 175 g/mol. The van der Waals surface area contributed by atoms with Gasteiger partial charge in [-0.05, 0) is 13.8 Å². The van der Waals surface area contributed by atoms with Gasteiger partial charge in [-0.25, -0.2) is 4.39 Å². The smallest absolute Gasteiger partial charge is 0.260 e. The molecule has 0 aromatic heterocycles. The van der Waals surface area contributed by atoms with Gasteiger partial charge in [-0.1, -0.05) is 0 Å². The molecule has 0 aromatic carbocycles. The summed E-state index contributed by atoms with van der Waals surface area (Å²) in [5, 5.41) is 2.53. The van der Waals surface area contributed by atoms with Crippen molar-refractivity contribution in [2.75, 3.05) is 13.2 Å². The number of carbonyl (C=O) groups is 1. The summed E-state index contributed by atoms with van der Waals surface area (Å²) in [4.78, 5) is 11.2. The molecule has 0 saturated carbocycles. The highest BCUT2D eigenvalue weighted by Gasteiger charge is 2.42. The molecule has 1 aliphatic rings. The number of halogens is 1. The van der Waals surface area contributed by atoms with Crippen LogP contribution in [0, 0.1) is 0 Å². The molecular weight excluding hydrogens is 161 g/mol. The van der Waals surface area contributed by atoms with Gasteiger partial charge in [0.25, 0.3) is 5.91 Å². The molecule has 4 heteroatoms. The summed E-state index contributed by atoms with van der Waals surface area (Å²) >= 11 is 0. The van der Waals surface area contributed by atoms with Crippen LogP contribution >= 0.6 is 0 Å². The lowest BCUT2D eigenvalue weighted by Gasteiger charge is -2.18. The number of rotatable bonds is 2. The van der Waals surface area contributed by atoms with E-state index in [1.54, 1.807) is 13.8 Å². The molecule has 1 amide bonds. The van der Waals surface area contributed by atoms with Gasteiger partial charge in [0.05, 0.1) is 13.2 Å². The van der Waals surface area contributed by atoms with Crippen LogP contribution in [0.3, 0.4) is 0 Å². The second-order valence-electron chi connectivity index (χ2n) is 3.40. The van der Waals surface area contributed by atoms with Crippen LogP contribution in [0.25, 0.3) is 0 Å². The van der Waals surface area contributed by atoms with E-state index < -0.39 is 11.6 Å². The molecule has 1 unspecified atom stereocenters. The topological polar surface area (TPSA) is 38.3 Å². The number of carbonyl (C=O) groups excluding carboxylic acids is 1. The summed E-state index contributed by atoms with van der Waals surface area (Å²) < 4.78 is 18.4. The van der Waals surface area contributed by atoms with Crippen LogP contribution in [-0.2, 0) is 9.53 Å². The van der Waals surface area contributed by atoms with Crippen molar-refractivity contribution in [1.29, 1.82) is 0 Å². The lowest BCUT2D eigenvalue weighted by molar-refractivity contribution is -0.133. The summed E-state index contributed by atoms with van der Waals surface area (Å²) in [5.74, 6) is -0.546. The molecular formula is C8H14FNO2. The molecule has 0 spiro atoms. The summed E-state index contributed by atoms with van der Waals surface area (Å²) in [6.07, 6.45) is 0.172. The maximum Gasteiger partial charge on any atom is 0.260 e. The Morgan fingerprint density at radius 2 is 2.33 bits per heavy atom. The fraction of sp³-hybridized carbons (Fsp3) is 0.875. The van der Waals surface area contributed by atoms with Gasteiger partial charge >= 0.3 is 0 Å². The molecule has 1 N–H and O–H groups in total. The SMILES string of the molecule is CC(C)NC(=O)C1(F)CCOC1. The maximum absolute atomic E-state index is 13.5. The van der Waals surface area contributed by atoms with Crippen molar-refractivity contribution in [3.8, 4) is 0 Å². The van der Waals surface area contributed by atoms with Crippen molar-refractivity contribution in [1.82, 2.24) is 5.32 Å². The minimum absolute atomic E-state index is 0.0225. The van der Waals surface area contributed by atoms with Crippen molar-refractivity contribution >= 4 is 5.91 Å². The van der Waals surface area contributed by atoms with E-state index in [-0.39, 0.29) is 19.1 Å². The van der Waals surface area contributed by atoms with Crippen LogP contribution in [0.15, 0.2) is 0 Å².